The fourth-order valence-electron chi connectivity index (χ4n) is 2.53. The Morgan fingerprint density at radius 1 is 1.10 bits per heavy atom. The van der Waals surface area contributed by atoms with Gasteiger partial charge in [0.1, 0.15) is 0 Å². The molecule has 6 nitrogen and oxygen atoms in total. The first-order chi connectivity index (χ1) is 9.64. The van der Waals surface area contributed by atoms with E-state index >= 15 is 0 Å². The molecule has 124 valence electrons. The summed E-state index contributed by atoms with van der Waals surface area (Å²) in [7, 11) is -3.86. The van der Waals surface area contributed by atoms with Gasteiger partial charge in [-0.3, -0.25) is 14.1 Å². The van der Waals surface area contributed by atoms with Crippen LogP contribution in [-0.2, 0) is 24.4 Å². The van der Waals surface area contributed by atoms with Crippen molar-refractivity contribution >= 4 is 22.1 Å². The van der Waals surface area contributed by atoms with Crippen LogP contribution in [0.2, 0.25) is 0 Å². The van der Waals surface area contributed by atoms with Crippen LogP contribution >= 0.6 is 0 Å². The highest BCUT2D eigenvalue weighted by molar-refractivity contribution is 7.87. The first kappa shape index (κ1) is 20.1. The van der Waals surface area contributed by atoms with Crippen LogP contribution in [-0.4, -0.2) is 29.7 Å². The second kappa shape index (κ2) is 9.15. The predicted molar refractivity (Wildman–Crippen MR) is 79.3 cm³/mol. The van der Waals surface area contributed by atoms with Crippen LogP contribution in [0.1, 0.15) is 72.1 Å². The number of hydrogen-bond donors (Lipinski definition) is 1. The molecule has 0 amide bonds. The molecule has 21 heavy (non-hydrogen) atoms. The molecule has 0 atom stereocenters. The number of ether oxygens (including phenoxy) is 1. The van der Waals surface area contributed by atoms with E-state index in [1.165, 1.54) is 13.8 Å². The van der Waals surface area contributed by atoms with Gasteiger partial charge in [-0.2, -0.15) is 8.42 Å². The van der Waals surface area contributed by atoms with Gasteiger partial charge in [0.15, 0.2) is 0 Å². The fourth-order valence-corrected chi connectivity index (χ4v) is 3.74. The van der Waals surface area contributed by atoms with Crippen molar-refractivity contribution in [1.29, 1.82) is 0 Å². The van der Waals surface area contributed by atoms with Crippen LogP contribution in [0, 0.1) is 0 Å². The third kappa shape index (κ3) is 7.57. The van der Waals surface area contributed by atoms with Gasteiger partial charge in [-0.1, -0.05) is 39.0 Å². The second-order valence-electron chi connectivity index (χ2n) is 5.41. The molecule has 0 heterocycles. The van der Waals surface area contributed by atoms with Crippen molar-refractivity contribution in [1.82, 2.24) is 0 Å². The van der Waals surface area contributed by atoms with Crippen LogP contribution < -0.4 is 0 Å². The first-order valence-corrected chi connectivity index (χ1v) is 8.74. The largest absolute Gasteiger partial charge is 0.394 e. The van der Waals surface area contributed by atoms with Crippen LogP contribution in [0.15, 0.2) is 0 Å². The van der Waals surface area contributed by atoms with Gasteiger partial charge in [0.05, 0.1) is 4.75 Å². The van der Waals surface area contributed by atoms with Gasteiger partial charge in [0, 0.05) is 13.8 Å². The van der Waals surface area contributed by atoms with Gasteiger partial charge in [0.2, 0.25) is 0 Å². The lowest BCUT2D eigenvalue weighted by Crippen LogP contribution is -2.40. The smallest absolute Gasteiger partial charge is 0.310 e. The van der Waals surface area contributed by atoms with Gasteiger partial charge in [-0.05, 0) is 19.3 Å². The molecular weight excluding hydrogens is 296 g/mol. The summed E-state index contributed by atoms with van der Waals surface area (Å²) in [6, 6.07) is 0. The van der Waals surface area contributed by atoms with E-state index in [9.17, 15) is 22.6 Å². The van der Waals surface area contributed by atoms with E-state index in [-0.39, 0.29) is 0 Å². The van der Waals surface area contributed by atoms with Crippen molar-refractivity contribution in [2.75, 3.05) is 0 Å². The Hall–Kier alpha value is -0.950. The molecule has 1 fully saturated rings. The van der Waals surface area contributed by atoms with Crippen molar-refractivity contribution < 1.29 is 27.3 Å². The monoisotopic (exact) mass is 322 g/mol. The van der Waals surface area contributed by atoms with Crippen molar-refractivity contribution in [3.05, 3.63) is 0 Å². The molecule has 0 aliphatic heterocycles. The summed E-state index contributed by atoms with van der Waals surface area (Å²) in [6.07, 6.45) is 6.76. The molecule has 1 N–H and O–H groups in total. The minimum Gasteiger partial charge on any atom is -0.394 e. The van der Waals surface area contributed by atoms with E-state index < -0.39 is 26.8 Å². The zero-order valence-corrected chi connectivity index (χ0v) is 13.9. The van der Waals surface area contributed by atoms with Crippen molar-refractivity contribution in [3.8, 4) is 0 Å². The molecule has 1 saturated carbocycles. The Labute approximate surface area is 127 Å². The van der Waals surface area contributed by atoms with E-state index in [1.54, 1.807) is 0 Å². The molecule has 1 aliphatic rings. The van der Waals surface area contributed by atoms with Gasteiger partial charge >= 0.3 is 11.9 Å². The Bertz CT molecular complexity index is 422. The number of esters is 2. The molecule has 7 heteroatoms. The summed E-state index contributed by atoms with van der Waals surface area (Å²) in [5.74, 6) is -1.12. The Morgan fingerprint density at radius 2 is 1.57 bits per heavy atom. The number of carbonyl (C=O) groups is 2. The minimum absolute atomic E-state index is 0.562. The molecular formula is C14H26O6S. The van der Waals surface area contributed by atoms with Gasteiger partial charge < -0.3 is 4.74 Å². The molecule has 0 saturated heterocycles. The highest BCUT2D eigenvalue weighted by Gasteiger charge is 2.42. The van der Waals surface area contributed by atoms with Crippen LogP contribution in [0.4, 0.5) is 0 Å². The third-order valence-electron chi connectivity index (χ3n) is 3.59. The van der Waals surface area contributed by atoms with Crippen LogP contribution in [0.5, 0.6) is 0 Å². The third-order valence-corrected chi connectivity index (χ3v) is 5.29. The number of rotatable bonds is 4. The van der Waals surface area contributed by atoms with Crippen molar-refractivity contribution in [2.45, 2.75) is 76.9 Å². The first-order valence-electron chi connectivity index (χ1n) is 7.30. The average molecular weight is 322 g/mol. The van der Waals surface area contributed by atoms with Crippen molar-refractivity contribution in [3.63, 3.8) is 0 Å². The number of hydrogen-bond acceptors (Lipinski definition) is 5. The lowest BCUT2D eigenvalue weighted by atomic mass is 9.85. The topological polar surface area (TPSA) is 97.7 Å². The average Bonchev–Trinajstić information content (AvgIpc) is 2.35. The van der Waals surface area contributed by atoms with Gasteiger partial charge in [-0.25, -0.2) is 0 Å². The SMILES string of the molecule is CC(=O)OC(C)=O.CCCCC1(S(=O)(=O)O)CCCCC1. The van der Waals surface area contributed by atoms with E-state index in [4.69, 9.17) is 0 Å². The molecule has 0 aromatic carbocycles. The maximum absolute atomic E-state index is 11.4. The zero-order chi connectivity index (χ0) is 16.5. The lowest BCUT2D eigenvalue weighted by Gasteiger charge is -2.34. The molecule has 0 aromatic heterocycles. The lowest BCUT2D eigenvalue weighted by molar-refractivity contribution is -0.156. The molecule has 1 rings (SSSR count). The molecule has 0 radical (unpaired) electrons. The van der Waals surface area contributed by atoms with Crippen LogP contribution in [0.25, 0.3) is 0 Å². The molecule has 0 aromatic rings. The van der Waals surface area contributed by atoms with Gasteiger partial charge in [0.25, 0.3) is 10.1 Å². The quantitative estimate of drug-likeness (QED) is 0.485. The fraction of sp³-hybridized carbons (Fsp3) is 0.857. The van der Waals surface area contributed by atoms with Gasteiger partial charge in [-0.15, -0.1) is 0 Å². The molecule has 0 unspecified atom stereocenters. The van der Waals surface area contributed by atoms with Crippen molar-refractivity contribution in [2.24, 2.45) is 0 Å². The Balaban J connectivity index is 0.000000486. The molecule has 0 spiro atoms. The summed E-state index contributed by atoms with van der Waals surface area (Å²) in [5, 5.41) is 0. The summed E-state index contributed by atoms with van der Waals surface area (Å²) in [6.45, 7) is 4.41. The summed E-state index contributed by atoms with van der Waals surface area (Å²) >= 11 is 0. The predicted octanol–water partition coefficient (Wildman–Crippen LogP) is 2.86. The normalized spacial score (nSPS) is 17.3. The number of carbonyl (C=O) groups excluding carboxylic acids is 2. The zero-order valence-electron chi connectivity index (χ0n) is 13.1. The second-order valence-corrected chi connectivity index (χ2v) is 7.22. The Morgan fingerprint density at radius 3 is 1.86 bits per heavy atom. The number of unbranched alkanes of at least 4 members (excludes halogenated alkanes) is 1. The van der Waals surface area contributed by atoms with E-state index in [0.717, 1.165) is 32.1 Å². The summed E-state index contributed by atoms with van der Waals surface area (Å²) in [4.78, 5) is 19.6. The van der Waals surface area contributed by atoms with E-state index in [0.29, 0.717) is 19.3 Å². The van der Waals surface area contributed by atoms with E-state index in [1.807, 2.05) is 6.92 Å². The maximum Gasteiger partial charge on any atom is 0.310 e. The summed E-state index contributed by atoms with van der Waals surface area (Å²) < 4.78 is 35.2. The maximum atomic E-state index is 11.4. The molecule has 0 bridgehead atoms. The highest BCUT2D eigenvalue weighted by Crippen LogP contribution is 2.38. The standard InChI is InChI=1S/C10H20O3S.C4H6O3/c1-2-3-7-10(14(11,12)13)8-5-4-6-9-10;1-3(5)7-4(2)6/h2-9H2,1H3,(H,11,12,13);1-2H3. The highest BCUT2D eigenvalue weighted by atomic mass is 32.2. The minimum atomic E-state index is -3.86. The summed E-state index contributed by atoms with van der Waals surface area (Å²) in [5.41, 5.74) is 0. The molecule has 1 aliphatic carbocycles. The Kier molecular flexibility index (Phi) is 8.73. The van der Waals surface area contributed by atoms with Crippen LogP contribution in [0.3, 0.4) is 0 Å². The van der Waals surface area contributed by atoms with E-state index in [2.05, 4.69) is 4.74 Å².